The number of nitrogens with zero attached hydrogens (tertiary/aromatic N) is 3. The maximum absolute atomic E-state index is 12.7. The number of ether oxygens (including phenoxy) is 2. The van der Waals surface area contributed by atoms with Gasteiger partial charge in [0.15, 0.2) is 0 Å². The Hall–Kier alpha value is -2.41. The van der Waals surface area contributed by atoms with Crippen LogP contribution in [0, 0.1) is 0 Å². The summed E-state index contributed by atoms with van der Waals surface area (Å²) >= 11 is 0. The third-order valence-electron chi connectivity index (χ3n) is 4.97. The Morgan fingerprint density at radius 2 is 2.25 bits per heavy atom. The smallest absolute Gasteiger partial charge is 0.254 e. The fraction of sp³-hybridized carbons (Fsp3) is 0.471. The molecule has 7 nitrogen and oxygen atoms in total. The molecular weight excluding hydrogens is 308 g/mol. The largest absolute Gasteiger partial charge is 0.481 e. The summed E-state index contributed by atoms with van der Waals surface area (Å²) in [4.78, 5) is 18.6. The normalized spacial score (nSPS) is 19.1. The van der Waals surface area contributed by atoms with Crippen LogP contribution in [0.5, 0.6) is 5.88 Å². The summed E-state index contributed by atoms with van der Waals surface area (Å²) in [6.45, 7) is 2.02. The standard InChI is InChI=1S/C17H20N4O3/c1-23-14-10-12(2-6-18-14)16(22)21-7-4-17(5-8-21)15-13(3-9-24-17)11-19-20-15/h2,6,10-11H,3-5,7-9H2,1H3,(H,19,20). The molecule has 2 aromatic heterocycles. The number of nitrogens with one attached hydrogen (secondary N) is 1. The Morgan fingerprint density at radius 1 is 1.42 bits per heavy atom. The van der Waals surface area contributed by atoms with E-state index in [1.807, 2.05) is 11.1 Å². The van der Waals surface area contributed by atoms with E-state index < -0.39 is 0 Å². The van der Waals surface area contributed by atoms with Crippen molar-refractivity contribution in [3.05, 3.63) is 41.3 Å². The highest BCUT2D eigenvalue weighted by Crippen LogP contribution is 2.40. The van der Waals surface area contributed by atoms with Gasteiger partial charge < -0.3 is 14.4 Å². The minimum absolute atomic E-state index is 0.00573. The first-order chi connectivity index (χ1) is 11.7. The first-order valence-corrected chi connectivity index (χ1v) is 8.18. The quantitative estimate of drug-likeness (QED) is 0.904. The highest BCUT2D eigenvalue weighted by Gasteiger charge is 2.43. The molecule has 4 heterocycles. The number of carbonyl (C=O) groups is 1. The molecule has 1 fully saturated rings. The molecule has 2 aliphatic heterocycles. The number of hydrogen-bond acceptors (Lipinski definition) is 5. The van der Waals surface area contributed by atoms with Crippen molar-refractivity contribution in [1.82, 2.24) is 20.1 Å². The van der Waals surface area contributed by atoms with Crippen molar-refractivity contribution < 1.29 is 14.3 Å². The van der Waals surface area contributed by atoms with Crippen molar-refractivity contribution in [3.8, 4) is 5.88 Å². The molecule has 24 heavy (non-hydrogen) atoms. The molecule has 1 saturated heterocycles. The minimum Gasteiger partial charge on any atom is -0.481 e. The Morgan fingerprint density at radius 3 is 3.04 bits per heavy atom. The van der Waals surface area contributed by atoms with Crippen molar-refractivity contribution >= 4 is 5.91 Å². The van der Waals surface area contributed by atoms with Crippen LogP contribution in [0.2, 0.25) is 0 Å². The number of carbonyl (C=O) groups excluding carboxylic acids is 1. The number of methoxy groups -OCH3 is 1. The van der Waals surface area contributed by atoms with Gasteiger partial charge >= 0.3 is 0 Å². The molecule has 0 aromatic carbocycles. The van der Waals surface area contributed by atoms with Crippen molar-refractivity contribution in [2.24, 2.45) is 0 Å². The van der Waals surface area contributed by atoms with Gasteiger partial charge in [0.1, 0.15) is 5.60 Å². The Kier molecular flexibility index (Phi) is 3.72. The molecule has 1 amide bonds. The van der Waals surface area contributed by atoms with Crippen molar-refractivity contribution in [3.63, 3.8) is 0 Å². The molecule has 1 N–H and O–H groups in total. The van der Waals surface area contributed by atoms with E-state index in [9.17, 15) is 4.79 Å². The average Bonchev–Trinajstić information content (AvgIpc) is 3.12. The van der Waals surface area contributed by atoms with E-state index in [1.54, 1.807) is 25.4 Å². The topological polar surface area (TPSA) is 80.3 Å². The molecule has 0 aliphatic carbocycles. The van der Waals surface area contributed by atoms with Gasteiger partial charge in [-0.2, -0.15) is 5.10 Å². The second-order valence-corrected chi connectivity index (χ2v) is 6.24. The number of pyridine rings is 1. The summed E-state index contributed by atoms with van der Waals surface area (Å²) < 4.78 is 11.2. The maximum atomic E-state index is 12.7. The summed E-state index contributed by atoms with van der Waals surface area (Å²) in [6, 6.07) is 3.40. The Labute approximate surface area is 140 Å². The molecule has 0 atom stereocenters. The number of fused-ring (bicyclic) bond motifs is 2. The van der Waals surface area contributed by atoms with E-state index in [2.05, 4.69) is 15.2 Å². The average molecular weight is 328 g/mol. The SMILES string of the molecule is COc1cc(C(=O)N2CCC3(CC2)OCCc2cn[nH]c23)ccn1. The van der Waals surface area contributed by atoms with Crippen LogP contribution in [0.4, 0.5) is 0 Å². The van der Waals surface area contributed by atoms with Gasteiger partial charge in [-0.1, -0.05) is 0 Å². The van der Waals surface area contributed by atoms with Crippen LogP contribution in [-0.2, 0) is 16.8 Å². The predicted molar refractivity (Wildman–Crippen MR) is 85.8 cm³/mol. The lowest BCUT2D eigenvalue weighted by Crippen LogP contribution is -2.48. The molecule has 126 valence electrons. The second-order valence-electron chi connectivity index (χ2n) is 6.24. The fourth-order valence-corrected chi connectivity index (χ4v) is 3.63. The van der Waals surface area contributed by atoms with Gasteiger partial charge in [-0.05, 0) is 30.9 Å². The summed E-state index contributed by atoms with van der Waals surface area (Å²) in [6.07, 6.45) is 5.93. The summed E-state index contributed by atoms with van der Waals surface area (Å²) in [7, 11) is 1.55. The summed E-state index contributed by atoms with van der Waals surface area (Å²) in [5.74, 6) is 0.457. The van der Waals surface area contributed by atoms with Crippen LogP contribution in [0.25, 0.3) is 0 Å². The van der Waals surface area contributed by atoms with Crippen molar-refractivity contribution in [2.45, 2.75) is 24.9 Å². The van der Waals surface area contributed by atoms with Crippen LogP contribution >= 0.6 is 0 Å². The van der Waals surface area contributed by atoms with Gasteiger partial charge in [0, 0.05) is 30.9 Å². The minimum atomic E-state index is -0.323. The van der Waals surface area contributed by atoms with Crippen LogP contribution in [0.1, 0.15) is 34.5 Å². The number of H-pyrrole nitrogens is 1. The Balaban J connectivity index is 1.50. The van der Waals surface area contributed by atoms with Gasteiger partial charge in [0.25, 0.3) is 5.91 Å². The predicted octanol–water partition coefficient (Wildman–Crippen LogP) is 1.52. The zero-order valence-corrected chi connectivity index (χ0v) is 13.6. The van der Waals surface area contributed by atoms with Gasteiger partial charge in [0.05, 0.1) is 25.6 Å². The zero-order valence-electron chi connectivity index (χ0n) is 13.6. The molecule has 2 aliphatic rings. The molecule has 0 unspecified atom stereocenters. The number of aromatic amines is 1. The first-order valence-electron chi connectivity index (χ1n) is 8.18. The van der Waals surface area contributed by atoms with Gasteiger partial charge in [-0.15, -0.1) is 0 Å². The number of rotatable bonds is 2. The molecule has 0 radical (unpaired) electrons. The Bertz CT molecular complexity index is 750. The van der Waals surface area contributed by atoms with Gasteiger partial charge in [0.2, 0.25) is 5.88 Å². The van der Waals surface area contributed by atoms with Crippen LogP contribution in [0.3, 0.4) is 0 Å². The highest BCUT2D eigenvalue weighted by molar-refractivity contribution is 5.94. The van der Waals surface area contributed by atoms with Crippen LogP contribution < -0.4 is 4.74 Å². The third kappa shape index (κ3) is 2.45. The lowest BCUT2D eigenvalue weighted by Gasteiger charge is -2.43. The maximum Gasteiger partial charge on any atom is 0.254 e. The van der Waals surface area contributed by atoms with E-state index >= 15 is 0 Å². The van der Waals surface area contributed by atoms with E-state index in [0.29, 0.717) is 31.1 Å². The van der Waals surface area contributed by atoms with E-state index in [0.717, 1.165) is 25.0 Å². The molecule has 2 aromatic rings. The molecule has 7 heteroatoms. The number of aromatic nitrogens is 3. The number of piperidine rings is 1. The fourth-order valence-electron chi connectivity index (χ4n) is 3.63. The van der Waals surface area contributed by atoms with Gasteiger partial charge in [-0.3, -0.25) is 9.89 Å². The molecular formula is C17H20N4O3. The highest BCUT2D eigenvalue weighted by atomic mass is 16.5. The lowest BCUT2D eigenvalue weighted by atomic mass is 9.83. The van der Waals surface area contributed by atoms with E-state index in [4.69, 9.17) is 9.47 Å². The van der Waals surface area contributed by atoms with Gasteiger partial charge in [-0.25, -0.2) is 4.98 Å². The number of likely N-dealkylation sites (tertiary alicyclic amines) is 1. The summed E-state index contributed by atoms with van der Waals surface area (Å²) in [5.41, 5.74) is 2.60. The van der Waals surface area contributed by atoms with Crippen LogP contribution in [-0.4, -0.2) is 52.8 Å². The molecule has 0 bridgehead atoms. The monoisotopic (exact) mass is 328 g/mol. The summed E-state index contributed by atoms with van der Waals surface area (Å²) in [5, 5.41) is 7.27. The van der Waals surface area contributed by atoms with Crippen LogP contribution in [0.15, 0.2) is 24.5 Å². The van der Waals surface area contributed by atoms with Crippen molar-refractivity contribution in [2.75, 3.05) is 26.8 Å². The molecule has 0 saturated carbocycles. The second kappa shape index (κ2) is 5.90. The van der Waals surface area contributed by atoms with E-state index in [-0.39, 0.29) is 11.5 Å². The zero-order chi connectivity index (χ0) is 16.6. The first kappa shape index (κ1) is 15.1. The molecule has 1 spiro atoms. The lowest BCUT2D eigenvalue weighted by molar-refractivity contribution is -0.0962. The third-order valence-corrected chi connectivity index (χ3v) is 4.97. The van der Waals surface area contributed by atoms with E-state index in [1.165, 1.54) is 5.56 Å². The number of amides is 1. The molecule has 4 rings (SSSR count). The van der Waals surface area contributed by atoms with Crippen molar-refractivity contribution in [1.29, 1.82) is 0 Å². The number of hydrogen-bond donors (Lipinski definition) is 1.